The van der Waals surface area contributed by atoms with Crippen LogP contribution >= 0.6 is 0 Å². The predicted octanol–water partition coefficient (Wildman–Crippen LogP) is 3.19. The second kappa shape index (κ2) is 6.67. The molecule has 1 N–H and O–H groups in total. The number of benzene rings is 1. The van der Waals surface area contributed by atoms with Crippen molar-refractivity contribution < 1.29 is 12.8 Å². The first-order chi connectivity index (χ1) is 10.3. The van der Waals surface area contributed by atoms with Gasteiger partial charge in [0.2, 0.25) is 0 Å². The van der Waals surface area contributed by atoms with Gasteiger partial charge in [0.25, 0.3) is 0 Å². The molecule has 0 saturated carbocycles. The molecular formula is C17H23NO3S. The molecule has 0 radical (unpaired) electrons. The van der Waals surface area contributed by atoms with Gasteiger partial charge in [-0.3, -0.25) is 0 Å². The Labute approximate surface area is 132 Å². The third kappa shape index (κ3) is 4.21. The van der Waals surface area contributed by atoms with Crippen LogP contribution in [0.3, 0.4) is 0 Å². The van der Waals surface area contributed by atoms with Gasteiger partial charge in [0.1, 0.15) is 11.5 Å². The van der Waals surface area contributed by atoms with E-state index in [0.717, 1.165) is 30.0 Å². The maximum Gasteiger partial charge on any atom is 0.175 e. The van der Waals surface area contributed by atoms with Crippen LogP contribution in [0, 0.1) is 13.8 Å². The molecule has 5 heteroatoms. The number of furan rings is 1. The molecule has 0 aliphatic heterocycles. The molecule has 22 heavy (non-hydrogen) atoms. The molecule has 0 bridgehead atoms. The lowest BCUT2D eigenvalue weighted by atomic mass is 10.1. The van der Waals surface area contributed by atoms with Crippen LogP contribution in [0.25, 0.3) is 0 Å². The molecule has 0 fully saturated rings. The minimum Gasteiger partial charge on any atom is -0.464 e. The molecule has 1 aromatic carbocycles. The summed E-state index contributed by atoms with van der Waals surface area (Å²) < 4.78 is 28.5. The van der Waals surface area contributed by atoms with Crippen LogP contribution in [-0.4, -0.2) is 21.2 Å². The first-order valence-corrected chi connectivity index (χ1v) is 9.26. The maximum absolute atomic E-state index is 11.4. The first kappa shape index (κ1) is 16.8. The van der Waals surface area contributed by atoms with Crippen LogP contribution in [0.5, 0.6) is 0 Å². The second-order valence-electron chi connectivity index (χ2n) is 5.73. The molecule has 0 aliphatic carbocycles. The van der Waals surface area contributed by atoms with E-state index in [2.05, 4.69) is 18.3 Å². The average molecular weight is 321 g/mol. The molecule has 2 aromatic rings. The number of hydrogen-bond donors (Lipinski definition) is 1. The van der Waals surface area contributed by atoms with Gasteiger partial charge in [0.15, 0.2) is 9.84 Å². The van der Waals surface area contributed by atoms with E-state index < -0.39 is 9.84 Å². The highest BCUT2D eigenvalue weighted by molar-refractivity contribution is 7.90. The van der Waals surface area contributed by atoms with Crippen molar-refractivity contribution in [3.05, 3.63) is 53.0 Å². The zero-order chi connectivity index (χ0) is 16.3. The molecule has 0 saturated heterocycles. The van der Waals surface area contributed by atoms with E-state index in [1.54, 1.807) is 12.1 Å². The quantitative estimate of drug-likeness (QED) is 0.887. The highest BCUT2D eigenvalue weighted by atomic mass is 32.2. The zero-order valence-electron chi connectivity index (χ0n) is 13.5. The summed E-state index contributed by atoms with van der Waals surface area (Å²) in [4.78, 5) is 0.360. The monoisotopic (exact) mass is 321 g/mol. The minimum absolute atomic E-state index is 0.155. The van der Waals surface area contributed by atoms with Crippen molar-refractivity contribution in [3.8, 4) is 0 Å². The van der Waals surface area contributed by atoms with E-state index in [9.17, 15) is 8.42 Å². The van der Waals surface area contributed by atoms with E-state index in [1.165, 1.54) is 11.8 Å². The van der Waals surface area contributed by atoms with Crippen LogP contribution < -0.4 is 5.32 Å². The molecule has 4 nitrogen and oxygen atoms in total. The van der Waals surface area contributed by atoms with Crippen molar-refractivity contribution in [2.45, 2.75) is 38.1 Å². The molecule has 0 unspecified atom stereocenters. The number of sulfone groups is 1. The van der Waals surface area contributed by atoms with Crippen molar-refractivity contribution in [2.24, 2.45) is 0 Å². The summed E-state index contributed by atoms with van der Waals surface area (Å²) in [5.41, 5.74) is 2.28. The normalized spacial score (nSPS) is 13.3. The standard InChI is InChI=1S/C17H23NO3S/c1-12-11-17(21-14(12)3)13(2)18-10-9-15-5-7-16(8-6-15)22(4,19)20/h5-8,11,13,18H,9-10H2,1-4H3/t13-/m1/s1. The Kier molecular flexibility index (Phi) is 5.08. The molecule has 0 aliphatic rings. The topological polar surface area (TPSA) is 59.3 Å². The third-order valence-electron chi connectivity index (χ3n) is 3.83. The van der Waals surface area contributed by atoms with E-state index in [4.69, 9.17) is 4.42 Å². The van der Waals surface area contributed by atoms with Gasteiger partial charge in [-0.1, -0.05) is 12.1 Å². The molecule has 0 amide bonds. The van der Waals surface area contributed by atoms with Crippen molar-refractivity contribution in [1.82, 2.24) is 5.32 Å². The third-order valence-corrected chi connectivity index (χ3v) is 4.96. The van der Waals surface area contributed by atoms with Crippen LogP contribution in [0.2, 0.25) is 0 Å². The van der Waals surface area contributed by atoms with Crippen LogP contribution in [0.1, 0.15) is 35.6 Å². The van der Waals surface area contributed by atoms with Gasteiger partial charge in [0, 0.05) is 6.26 Å². The Morgan fingerprint density at radius 2 is 1.82 bits per heavy atom. The Bertz CT molecular complexity index is 710. The highest BCUT2D eigenvalue weighted by Gasteiger charge is 2.11. The summed E-state index contributed by atoms with van der Waals surface area (Å²) in [5.74, 6) is 1.91. The average Bonchev–Trinajstić information content (AvgIpc) is 2.78. The summed E-state index contributed by atoms with van der Waals surface area (Å²) in [6.07, 6.45) is 2.06. The van der Waals surface area contributed by atoms with Gasteiger partial charge < -0.3 is 9.73 Å². The van der Waals surface area contributed by atoms with Crippen molar-refractivity contribution >= 4 is 9.84 Å². The van der Waals surface area contributed by atoms with Gasteiger partial charge in [-0.05, 0) is 63.1 Å². The molecule has 1 aromatic heterocycles. The summed E-state index contributed by atoms with van der Waals surface area (Å²) in [6, 6.07) is 9.27. The predicted molar refractivity (Wildman–Crippen MR) is 87.9 cm³/mol. The highest BCUT2D eigenvalue weighted by Crippen LogP contribution is 2.19. The molecule has 2 rings (SSSR count). The van der Waals surface area contributed by atoms with E-state index in [-0.39, 0.29) is 6.04 Å². The minimum atomic E-state index is -3.12. The lowest BCUT2D eigenvalue weighted by Gasteiger charge is -2.11. The summed E-state index contributed by atoms with van der Waals surface area (Å²) in [5, 5.41) is 3.42. The molecule has 0 spiro atoms. The SMILES string of the molecule is Cc1cc([C@@H](C)NCCc2ccc(S(C)(=O)=O)cc2)oc1C. The fraction of sp³-hybridized carbons (Fsp3) is 0.412. The molecule has 120 valence electrons. The number of rotatable bonds is 6. The van der Waals surface area contributed by atoms with E-state index in [0.29, 0.717) is 4.90 Å². The van der Waals surface area contributed by atoms with Gasteiger partial charge in [-0.2, -0.15) is 0 Å². The van der Waals surface area contributed by atoms with Gasteiger partial charge in [-0.15, -0.1) is 0 Å². The summed E-state index contributed by atoms with van der Waals surface area (Å²) in [6.45, 7) is 6.88. The zero-order valence-corrected chi connectivity index (χ0v) is 14.3. The van der Waals surface area contributed by atoms with Crippen molar-refractivity contribution in [3.63, 3.8) is 0 Å². The van der Waals surface area contributed by atoms with Crippen molar-refractivity contribution in [1.29, 1.82) is 0 Å². The Balaban J connectivity index is 1.88. The summed E-state index contributed by atoms with van der Waals surface area (Å²) in [7, 11) is -3.12. The maximum atomic E-state index is 11.4. The molecule has 1 heterocycles. The summed E-state index contributed by atoms with van der Waals surface area (Å²) >= 11 is 0. The number of nitrogens with one attached hydrogen (secondary N) is 1. The van der Waals surface area contributed by atoms with E-state index in [1.807, 2.05) is 26.0 Å². The fourth-order valence-electron chi connectivity index (χ4n) is 2.25. The lowest BCUT2D eigenvalue weighted by Crippen LogP contribution is -2.21. The Morgan fingerprint density at radius 3 is 2.32 bits per heavy atom. The Hall–Kier alpha value is -1.59. The van der Waals surface area contributed by atoms with Crippen LogP contribution in [-0.2, 0) is 16.3 Å². The largest absolute Gasteiger partial charge is 0.464 e. The van der Waals surface area contributed by atoms with Gasteiger partial charge >= 0.3 is 0 Å². The number of aryl methyl sites for hydroxylation is 2. The smallest absolute Gasteiger partial charge is 0.175 e. The first-order valence-electron chi connectivity index (χ1n) is 7.36. The van der Waals surface area contributed by atoms with Gasteiger partial charge in [0.05, 0.1) is 10.9 Å². The fourth-order valence-corrected chi connectivity index (χ4v) is 2.88. The van der Waals surface area contributed by atoms with Crippen LogP contribution in [0.15, 0.2) is 39.6 Å². The van der Waals surface area contributed by atoms with Crippen LogP contribution in [0.4, 0.5) is 0 Å². The van der Waals surface area contributed by atoms with Gasteiger partial charge in [-0.25, -0.2) is 8.42 Å². The molecule has 1 atom stereocenters. The van der Waals surface area contributed by atoms with E-state index >= 15 is 0 Å². The number of hydrogen-bond acceptors (Lipinski definition) is 4. The Morgan fingerprint density at radius 1 is 1.18 bits per heavy atom. The second-order valence-corrected chi connectivity index (χ2v) is 7.75. The lowest BCUT2D eigenvalue weighted by molar-refractivity contribution is 0.417. The van der Waals surface area contributed by atoms with Crippen molar-refractivity contribution in [2.75, 3.05) is 12.8 Å². The molecular weight excluding hydrogens is 298 g/mol.